The zero-order valence-electron chi connectivity index (χ0n) is 17.5. The molecule has 0 aliphatic rings. The number of H-pyrrole nitrogens is 1. The van der Waals surface area contributed by atoms with Crippen molar-refractivity contribution in [2.75, 3.05) is 7.05 Å². The number of aromatic nitrogens is 4. The van der Waals surface area contributed by atoms with Crippen LogP contribution in [0.3, 0.4) is 0 Å². The van der Waals surface area contributed by atoms with E-state index < -0.39 is 0 Å². The third kappa shape index (κ3) is 4.30. The van der Waals surface area contributed by atoms with Crippen molar-refractivity contribution in [1.29, 1.82) is 0 Å². The molecule has 0 bridgehead atoms. The maximum atomic E-state index is 4.98. The van der Waals surface area contributed by atoms with Crippen LogP contribution in [0.15, 0.2) is 60.9 Å². The van der Waals surface area contributed by atoms with Gasteiger partial charge in [-0.15, -0.1) is 0 Å². The molecule has 2 heterocycles. The number of rotatable bonds is 6. The van der Waals surface area contributed by atoms with Gasteiger partial charge in [-0.05, 0) is 45.0 Å². The highest BCUT2D eigenvalue weighted by molar-refractivity contribution is 5.63. The van der Waals surface area contributed by atoms with E-state index in [0.29, 0.717) is 0 Å². The smallest absolute Gasteiger partial charge is 0.120 e. The summed E-state index contributed by atoms with van der Waals surface area (Å²) >= 11 is 0. The Bertz CT molecular complexity index is 1110. The van der Waals surface area contributed by atoms with E-state index in [-0.39, 0.29) is 0 Å². The molecule has 0 unspecified atom stereocenters. The summed E-state index contributed by atoms with van der Waals surface area (Å²) < 4.78 is 2.02. The van der Waals surface area contributed by atoms with Crippen LogP contribution in [0.4, 0.5) is 0 Å². The minimum atomic E-state index is 0.761. The van der Waals surface area contributed by atoms with Crippen molar-refractivity contribution in [3.05, 3.63) is 89.1 Å². The molecule has 4 aromatic rings. The molecule has 5 heteroatoms. The summed E-state index contributed by atoms with van der Waals surface area (Å²) in [6.07, 6.45) is 4.03. The average molecular weight is 386 g/mol. The van der Waals surface area contributed by atoms with Crippen LogP contribution in [0.1, 0.15) is 28.2 Å². The predicted octanol–water partition coefficient (Wildman–Crippen LogP) is 4.82. The maximum absolute atomic E-state index is 4.98. The fourth-order valence-corrected chi connectivity index (χ4v) is 3.60. The first-order chi connectivity index (χ1) is 14.0. The largest absolute Gasteiger partial charge is 0.345 e. The molecule has 5 nitrogen and oxygen atoms in total. The second-order valence-corrected chi connectivity index (χ2v) is 7.79. The molecule has 0 saturated carbocycles. The van der Waals surface area contributed by atoms with Gasteiger partial charge in [-0.2, -0.15) is 5.10 Å². The van der Waals surface area contributed by atoms with Crippen LogP contribution in [-0.2, 0) is 13.1 Å². The molecule has 0 aliphatic heterocycles. The molecule has 0 saturated heterocycles. The van der Waals surface area contributed by atoms with Crippen molar-refractivity contribution in [1.82, 2.24) is 24.6 Å². The molecule has 4 rings (SSSR count). The van der Waals surface area contributed by atoms with Gasteiger partial charge in [0.2, 0.25) is 0 Å². The van der Waals surface area contributed by atoms with Gasteiger partial charge in [0.1, 0.15) is 5.82 Å². The Labute approximate surface area is 172 Å². The Morgan fingerprint density at radius 1 is 1.00 bits per heavy atom. The quantitative estimate of drug-likeness (QED) is 0.518. The Kier molecular flexibility index (Phi) is 5.32. The fourth-order valence-electron chi connectivity index (χ4n) is 3.60. The summed E-state index contributed by atoms with van der Waals surface area (Å²) in [6, 6.07) is 16.9. The van der Waals surface area contributed by atoms with Gasteiger partial charge < -0.3 is 4.98 Å². The van der Waals surface area contributed by atoms with E-state index in [1.807, 2.05) is 23.9 Å². The third-order valence-corrected chi connectivity index (χ3v) is 5.06. The first-order valence-electron chi connectivity index (χ1n) is 9.90. The maximum Gasteiger partial charge on any atom is 0.120 e. The van der Waals surface area contributed by atoms with E-state index >= 15 is 0 Å². The molecule has 1 N–H and O–H groups in total. The van der Waals surface area contributed by atoms with Crippen molar-refractivity contribution < 1.29 is 0 Å². The van der Waals surface area contributed by atoms with Crippen LogP contribution in [0.5, 0.6) is 0 Å². The molecule has 2 aromatic heterocycles. The highest BCUT2D eigenvalue weighted by atomic mass is 15.3. The second kappa shape index (κ2) is 8.05. The number of nitrogens with one attached hydrogen (secondary N) is 1. The first-order valence-corrected chi connectivity index (χ1v) is 9.90. The lowest BCUT2D eigenvalue weighted by molar-refractivity contribution is 0.312. The summed E-state index contributed by atoms with van der Waals surface area (Å²) in [5.74, 6) is 0.980. The van der Waals surface area contributed by atoms with E-state index in [4.69, 9.17) is 5.10 Å². The molecular formula is C24H27N5. The lowest BCUT2D eigenvalue weighted by atomic mass is 10.1. The van der Waals surface area contributed by atoms with Gasteiger partial charge in [-0.1, -0.05) is 42.5 Å². The lowest BCUT2D eigenvalue weighted by Gasteiger charge is -2.15. The highest BCUT2D eigenvalue weighted by Gasteiger charge is 2.15. The first kappa shape index (κ1) is 19.2. The van der Waals surface area contributed by atoms with Crippen molar-refractivity contribution >= 4 is 0 Å². The lowest BCUT2D eigenvalue weighted by Crippen LogP contribution is -2.18. The van der Waals surface area contributed by atoms with Crippen molar-refractivity contribution in [2.24, 2.45) is 0 Å². The fraction of sp³-hybridized carbons (Fsp3) is 0.250. The van der Waals surface area contributed by atoms with Gasteiger partial charge >= 0.3 is 0 Å². The van der Waals surface area contributed by atoms with Crippen LogP contribution in [0, 0.1) is 20.8 Å². The zero-order valence-corrected chi connectivity index (χ0v) is 17.5. The molecule has 2 aromatic carbocycles. The molecule has 29 heavy (non-hydrogen) atoms. The molecule has 0 atom stereocenters. The molecule has 0 fully saturated rings. The number of imidazole rings is 1. The van der Waals surface area contributed by atoms with Crippen LogP contribution >= 0.6 is 0 Å². The summed E-state index contributed by atoms with van der Waals surface area (Å²) in [7, 11) is 2.11. The second-order valence-electron chi connectivity index (χ2n) is 7.79. The Hall–Kier alpha value is -3.18. The summed E-state index contributed by atoms with van der Waals surface area (Å²) in [5.41, 5.74) is 8.00. The SMILES string of the molecule is Cc1ccc(C)c(-n2cc(CN(C)Cc3ncc(C)[nH]3)c(-c3ccccc3)n2)c1. The van der Waals surface area contributed by atoms with Crippen LogP contribution in [-0.4, -0.2) is 31.7 Å². The van der Waals surface area contributed by atoms with Gasteiger partial charge in [0.05, 0.1) is 17.9 Å². The topological polar surface area (TPSA) is 49.7 Å². The molecule has 0 amide bonds. The summed E-state index contributed by atoms with van der Waals surface area (Å²) in [4.78, 5) is 10.0. The van der Waals surface area contributed by atoms with Gasteiger partial charge in [0.15, 0.2) is 0 Å². The summed E-state index contributed by atoms with van der Waals surface area (Å²) in [5, 5.41) is 4.98. The van der Waals surface area contributed by atoms with E-state index in [0.717, 1.165) is 41.6 Å². The van der Waals surface area contributed by atoms with E-state index in [1.54, 1.807) is 0 Å². The Morgan fingerprint density at radius 2 is 1.79 bits per heavy atom. The molecular weight excluding hydrogens is 358 g/mol. The van der Waals surface area contributed by atoms with E-state index in [2.05, 4.69) is 84.4 Å². The monoisotopic (exact) mass is 385 g/mol. The molecule has 0 radical (unpaired) electrons. The van der Waals surface area contributed by atoms with Gasteiger partial charge in [-0.25, -0.2) is 9.67 Å². The Morgan fingerprint density at radius 3 is 2.52 bits per heavy atom. The van der Waals surface area contributed by atoms with Gasteiger partial charge in [0, 0.05) is 35.8 Å². The normalized spacial score (nSPS) is 11.3. The zero-order chi connectivity index (χ0) is 20.4. The van der Waals surface area contributed by atoms with Gasteiger partial charge in [-0.3, -0.25) is 4.90 Å². The van der Waals surface area contributed by atoms with Crippen LogP contribution < -0.4 is 0 Å². The third-order valence-electron chi connectivity index (χ3n) is 5.06. The number of nitrogens with zero attached hydrogens (tertiary/aromatic N) is 4. The predicted molar refractivity (Wildman–Crippen MR) is 117 cm³/mol. The number of hydrogen-bond donors (Lipinski definition) is 1. The van der Waals surface area contributed by atoms with Crippen molar-refractivity contribution in [3.63, 3.8) is 0 Å². The number of aryl methyl sites for hydroxylation is 3. The number of benzene rings is 2. The molecule has 0 aliphatic carbocycles. The minimum Gasteiger partial charge on any atom is -0.345 e. The van der Waals surface area contributed by atoms with Crippen LogP contribution in [0.2, 0.25) is 0 Å². The number of aromatic amines is 1. The number of hydrogen-bond acceptors (Lipinski definition) is 3. The standard InChI is InChI=1S/C24H27N5/c1-17-10-11-18(2)22(12-17)29-15-21(24(27-29)20-8-6-5-7-9-20)14-28(4)16-23-25-13-19(3)26-23/h5-13,15H,14,16H2,1-4H3,(H,25,26). The molecule has 0 spiro atoms. The summed E-state index contributed by atoms with van der Waals surface area (Å²) in [6.45, 7) is 7.82. The van der Waals surface area contributed by atoms with E-state index in [1.165, 1.54) is 16.7 Å². The van der Waals surface area contributed by atoms with Crippen molar-refractivity contribution in [2.45, 2.75) is 33.9 Å². The van der Waals surface area contributed by atoms with Crippen LogP contribution in [0.25, 0.3) is 16.9 Å². The van der Waals surface area contributed by atoms with Gasteiger partial charge in [0.25, 0.3) is 0 Å². The minimum absolute atomic E-state index is 0.761. The van der Waals surface area contributed by atoms with Crippen molar-refractivity contribution in [3.8, 4) is 16.9 Å². The molecule has 148 valence electrons. The van der Waals surface area contributed by atoms with E-state index in [9.17, 15) is 0 Å². The highest BCUT2D eigenvalue weighted by Crippen LogP contribution is 2.26. The Balaban J connectivity index is 1.69. The average Bonchev–Trinajstić information content (AvgIpc) is 3.30.